The first-order chi connectivity index (χ1) is 20.4. The second-order valence-electron chi connectivity index (χ2n) is 9.09. The molecular weight excluding hydrogens is 542 g/mol. The Hall–Kier alpha value is -5.19. The molecule has 42 heavy (non-hydrogen) atoms. The molecule has 0 unspecified atom stereocenters. The maximum atomic E-state index is 12.8. The molecule has 3 aromatic rings. The number of carbonyl (C=O) groups is 5. The van der Waals surface area contributed by atoms with Crippen molar-refractivity contribution in [1.82, 2.24) is 16.0 Å². The lowest BCUT2D eigenvalue weighted by atomic mass is 10.1. The average molecular weight is 576 g/mol. The number of alkyl carbamates (subject to hydrolysis) is 1. The van der Waals surface area contributed by atoms with E-state index in [2.05, 4.69) is 16.0 Å². The molecule has 0 radical (unpaired) electrons. The van der Waals surface area contributed by atoms with Crippen LogP contribution in [0.1, 0.15) is 29.5 Å². The Balaban J connectivity index is 1.43. The van der Waals surface area contributed by atoms with Crippen molar-refractivity contribution in [2.75, 3.05) is 13.1 Å². The van der Waals surface area contributed by atoms with Crippen LogP contribution in [0.5, 0.6) is 0 Å². The van der Waals surface area contributed by atoms with Crippen LogP contribution in [0.2, 0.25) is 0 Å². The summed E-state index contributed by atoms with van der Waals surface area (Å²) < 4.78 is 15.6. The third-order valence-electron chi connectivity index (χ3n) is 5.78. The van der Waals surface area contributed by atoms with Crippen molar-refractivity contribution in [2.24, 2.45) is 0 Å². The smallest absolute Gasteiger partial charge is 0.407 e. The summed E-state index contributed by atoms with van der Waals surface area (Å²) in [5.41, 5.74) is 2.35. The molecule has 0 aliphatic carbocycles. The van der Waals surface area contributed by atoms with Crippen LogP contribution in [0.15, 0.2) is 91.0 Å². The van der Waals surface area contributed by atoms with Gasteiger partial charge in [0.1, 0.15) is 32.4 Å². The summed E-state index contributed by atoms with van der Waals surface area (Å²) in [5.74, 6) is -2.62. The van der Waals surface area contributed by atoms with Crippen molar-refractivity contribution in [3.8, 4) is 0 Å². The zero-order valence-electron chi connectivity index (χ0n) is 23.0. The van der Waals surface area contributed by atoms with Crippen LogP contribution in [0.25, 0.3) is 0 Å². The van der Waals surface area contributed by atoms with Crippen molar-refractivity contribution >= 4 is 29.8 Å². The number of benzene rings is 3. The topological polar surface area (TPSA) is 149 Å². The fraction of sp³-hybridized carbons (Fsp3) is 0.258. The molecule has 0 bridgehead atoms. The number of rotatable bonds is 15. The summed E-state index contributed by atoms with van der Waals surface area (Å²) in [4.78, 5) is 61.5. The van der Waals surface area contributed by atoms with Crippen LogP contribution in [0.4, 0.5) is 4.79 Å². The molecule has 3 rings (SSSR count). The number of hydrogen-bond donors (Lipinski definition) is 3. The van der Waals surface area contributed by atoms with Gasteiger partial charge in [0.15, 0.2) is 0 Å². The minimum absolute atomic E-state index is 0.0206. The lowest BCUT2D eigenvalue weighted by molar-refractivity contribution is -0.150. The predicted molar refractivity (Wildman–Crippen MR) is 151 cm³/mol. The fourth-order valence-electron chi connectivity index (χ4n) is 3.56. The van der Waals surface area contributed by atoms with Crippen molar-refractivity contribution in [3.05, 3.63) is 108 Å². The third kappa shape index (κ3) is 12.3. The Morgan fingerprint density at radius 1 is 0.571 bits per heavy atom. The van der Waals surface area contributed by atoms with Gasteiger partial charge in [-0.25, -0.2) is 9.59 Å². The minimum Gasteiger partial charge on any atom is -0.461 e. The van der Waals surface area contributed by atoms with Crippen LogP contribution in [-0.2, 0) is 53.2 Å². The van der Waals surface area contributed by atoms with E-state index < -0.39 is 49.0 Å². The molecule has 0 saturated carbocycles. The highest BCUT2D eigenvalue weighted by Crippen LogP contribution is 2.08. The molecule has 3 amide bonds. The first-order valence-electron chi connectivity index (χ1n) is 13.3. The summed E-state index contributed by atoms with van der Waals surface area (Å²) in [5, 5.41) is 7.14. The number of ether oxygens (including phenoxy) is 3. The lowest BCUT2D eigenvalue weighted by Gasteiger charge is -2.18. The van der Waals surface area contributed by atoms with Gasteiger partial charge in [-0.3, -0.25) is 14.4 Å². The molecule has 11 heteroatoms. The SMILES string of the molecule is O=C(CNC(=O)OCc1ccccc1)NCC(=O)N[C@@H](CCC(=O)OCc1ccccc1)C(=O)OCc1ccccc1. The second-order valence-corrected chi connectivity index (χ2v) is 9.09. The van der Waals surface area contributed by atoms with Gasteiger partial charge in [0.2, 0.25) is 11.8 Å². The fourth-order valence-corrected chi connectivity index (χ4v) is 3.56. The maximum absolute atomic E-state index is 12.8. The molecule has 1 atom stereocenters. The summed E-state index contributed by atoms with van der Waals surface area (Å²) in [6, 6.07) is 26.0. The van der Waals surface area contributed by atoms with Gasteiger partial charge in [0.05, 0.1) is 6.54 Å². The van der Waals surface area contributed by atoms with Crippen LogP contribution < -0.4 is 16.0 Å². The Labute approximate surface area is 243 Å². The summed E-state index contributed by atoms with van der Waals surface area (Å²) >= 11 is 0. The van der Waals surface area contributed by atoms with Crippen LogP contribution in [-0.4, -0.2) is 49.0 Å². The van der Waals surface area contributed by atoms with Gasteiger partial charge in [0.25, 0.3) is 0 Å². The van der Waals surface area contributed by atoms with E-state index in [1.165, 1.54) is 0 Å². The van der Waals surface area contributed by atoms with Gasteiger partial charge in [-0.2, -0.15) is 0 Å². The van der Waals surface area contributed by atoms with E-state index >= 15 is 0 Å². The van der Waals surface area contributed by atoms with Crippen molar-refractivity contribution in [2.45, 2.75) is 38.7 Å². The largest absolute Gasteiger partial charge is 0.461 e. The second kappa shape index (κ2) is 17.5. The number of nitrogens with one attached hydrogen (secondary N) is 3. The van der Waals surface area contributed by atoms with E-state index in [-0.39, 0.29) is 32.7 Å². The number of carbonyl (C=O) groups excluding carboxylic acids is 5. The molecule has 0 heterocycles. The molecule has 0 aliphatic rings. The van der Waals surface area contributed by atoms with E-state index in [0.717, 1.165) is 16.7 Å². The Morgan fingerprint density at radius 2 is 1.05 bits per heavy atom. The summed E-state index contributed by atoms with van der Waals surface area (Å²) in [7, 11) is 0. The van der Waals surface area contributed by atoms with Gasteiger partial charge >= 0.3 is 18.0 Å². The predicted octanol–water partition coefficient (Wildman–Crippen LogP) is 2.78. The number of hydrogen-bond acceptors (Lipinski definition) is 8. The van der Waals surface area contributed by atoms with Gasteiger partial charge in [-0.05, 0) is 23.1 Å². The van der Waals surface area contributed by atoms with Crippen molar-refractivity contribution < 1.29 is 38.2 Å². The first kappa shape index (κ1) is 31.3. The number of esters is 2. The van der Waals surface area contributed by atoms with E-state index in [9.17, 15) is 24.0 Å². The molecule has 0 spiro atoms. The Kier molecular flexibility index (Phi) is 13.1. The molecule has 3 aromatic carbocycles. The van der Waals surface area contributed by atoms with E-state index in [1.54, 1.807) is 48.5 Å². The van der Waals surface area contributed by atoms with Gasteiger partial charge < -0.3 is 30.2 Å². The molecule has 0 aromatic heterocycles. The molecule has 11 nitrogen and oxygen atoms in total. The first-order valence-corrected chi connectivity index (χ1v) is 13.3. The number of amides is 3. The summed E-state index contributed by atoms with van der Waals surface area (Å²) in [6.07, 6.45) is -1.02. The van der Waals surface area contributed by atoms with E-state index in [4.69, 9.17) is 14.2 Å². The molecule has 0 fully saturated rings. The van der Waals surface area contributed by atoms with E-state index in [1.807, 2.05) is 42.5 Å². The Morgan fingerprint density at radius 3 is 1.60 bits per heavy atom. The van der Waals surface area contributed by atoms with Gasteiger partial charge in [-0.1, -0.05) is 91.0 Å². The van der Waals surface area contributed by atoms with Crippen LogP contribution in [0.3, 0.4) is 0 Å². The molecule has 0 aliphatic heterocycles. The Bertz CT molecular complexity index is 1300. The highest BCUT2D eigenvalue weighted by molar-refractivity contribution is 5.89. The molecule has 3 N–H and O–H groups in total. The zero-order chi connectivity index (χ0) is 30.0. The highest BCUT2D eigenvalue weighted by atomic mass is 16.5. The average Bonchev–Trinajstić information content (AvgIpc) is 3.03. The normalized spacial score (nSPS) is 11.0. The monoisotopic (exact) mass is 575 g/mol. The third-order valence-corrected chi connectivity index (χ3v) is 5.78. The maximum Gasteiger partial charge on any atom is 0.407 e. The highest BCUT2D eigenvalue weighted by Gasteiger charge is 2.24. The lowest BCUT2D eigenvalue weighted by Crippen LogP contribution is -2.47. The van der Waals surface area contributed by atoms with Crippen LogP contribution >= 0.6 is 0 Å². The zero-order valence-corrected chi connectivity index (χ0v) is 23.0. The van der Waals surface area contributed by atoms with Crippen molar-refractivity contribution in [1.29, 1.82) is 0 Å². The van der Waals surface area contributed by atoms with E-state index in [0.29, 0.717) is 0 Å². The van der Waals surface area contributed by atoms with Gasteiger partial charge in [0, 0.05) is 6.42 Å². The van der Waals surface area contributed by atoms with Crippen molar-refractivity contribution in [3.63, 3.8) is 0 Å². The standard InChI is InChI=1S/C31H33N3O8/c35-27(18-33-31(39)42-22-25-14-8-3-9-15-25)32-19-28(36)34-26(30(38)41-21-24-12-6-2-7-13-24)16-17-29(37)40-20-23-10-4-1-5-11-23/h1-15,26H,16-22H2,(H,32,35)(H,33,39)(H,34,36)/t26-/m0/s1. The minimum atomic E-state index is -1.16. The molecule has 220 valence electrons. The molecule has 0 saturated heterocycles. The summed E-state index contributed by atoms with van der Waals surface area (Å²) in [6.45, 7) is -0.794. The van der Waals surface area contributed by atoms with Crippen LogP contribution in [0, 0.1) is 0 Å². The quantitative estimate of drug-likeness (QED) is 0.185. The molecular formula is C31H33N3O8. The van der Waals surface area contributed by atoms with Gasteiger partial charge in [-0.15, -0.1) is 0 Å².